The summed E-state index contributed by atoms with van der Waals surface area (Å²) in [5.41, 5.74) is 5.57. The zero-order valence-corrected chi connectivity index (χ0v) is 19.2. The Kier molecular flexibility index (Phi) is 7.10. The van der Waals surface area contributed by atoms with Gasteiger partial charge in [-0.1, -0.05) is 54.6 Å². The summed E-state index contributed by atoms with van der Waals surface area (Å²) in [7, 11) is 1.63. The minimum absolute atomic E-state index is 0.331. The topological polar surface area (TPSA) is 63.5 Å². The molecule has 0 spiro atoms. The molecule has 1 heterocycles. The molecule has 0 bridgehead atoms. The van der Waals surface area contributed by atoms with Crippen LogP contribution < -0.4 is 10.1 Å². The molecule has 4 aromatic rings. The lowest BCUT2D eigenvalue weighted by Gasteiger charge is -2.12. The zero-order chi connectivity index (χ0) is 23.2. The Bertz CT molecular complexity index is 1240. The number of aromatic nitrogens is 1. The van der Waals surface area contributed by atoms with Crippen LogP contribution in [0.4, 0.5) is 0 Å². The molecule has 170 valence electrons. The van der Waals surface area contributed by atoms with Gasteiger partial charge >= 0.3 is 5.97 Å². The van der Waals surface area contributed by atoms with E-state index < -0.39 is 5.97 Å². The molecule has 0 radical (unpaired) electrons. The lowest BCUT2D eigenvalue weighted by molar-refractivity contribution is 0.0684. The number of carboxylic acids is 1. The number of benzene rings is 3. The van der Waals surface area contributed by atoms with Crippen molar-refractivity contribution in [2.75, 3.05) is 13.7 Å². The second kappa shape index (κ2) is 10.4. The van der Waals surface area contributed by atoms with Gasteiger partial charge < -0.3 is 19.7 Å². The average Bonchev–Trinajstić information content (AvgIpc) is 3.13. The van der Waals surface area contributed by atoms with Crippen LogP contribution in [-0.4, -0.2) is 29.3 Å². The van der Waals surface area contributed by atoms with E-state index in [0.29, 0.717) is 24.5 Å². The first kappa shape index (κ1) is 22.6. The van der Waals surface area contributed by atoms with Gasteiger partial charge in [-0.25, -0.2) is 4.79 Å². The Labute approximate surface area is 194 Å². The lowest BCUT2D eigenvalue weighted by Crippen LogP contribution is -2.19. The highest BCUT2D eigenvalue weighted by molar-refractivity contribution is 5.98. The van der Waals surface area contributed by atoms with Crippen molar-refractivity contribution in [2.24, 2.45) is 0 Å². The van der Waals surface area contributed by atoms with E-state index in [1.54, 1.807) is 7.11 Å². The molecule has 0 aliphatic heterocycles. The van der Waals surface area contributed by atoms with Gasteiger partial charge in [-0.15, -0.1) is 0 Å². The molecule has 2 N–H and O–H groups in total. The van der Waals surface area contributed by atoms with E-state index in [1.165, 1.54) is 5.56 Å². The minimum Gasteiger partial charge on any atom is -0.497 e. The van der Waals surface area contributed by atoms with E-state index in [9.17, 15) is 9.90 Å². The summed E-state index contributed by atoms with van der Waals surface area (Å²) in [6.07, 6.45) is 1.98. The monoisotopic (exact) mass is 442 g/mol. The van der Waals surface area contributed by atoms with Gasteiger partial charge in [0.15, 0.2) is 0 Å². The number of rotatable bonds is 10. The minimum atomic E-state index is -0.917. The number of hydrogen-bond acceptors (Lipinski definition) is 3. The number of hydrogen-bond donors (Lipinski definition) is 2. The molecule has 0 aliphatic carbocycles. The Balaban J connectivity index is 1.63. The van der Waals surface area contributed by atoms with Gasteiger partial charge in [0.25, 0.3) is 0 Å². The second-order valence-electron chi connectivity index (χ2n) is 8.29. The van der Waals surface area contributed by atoms with Gasteiger partial charge in [0.2, 0.25) is 0 Å². The maximum absolute atomic E-state index is 12.4. The van der Waals surface area contributed by atoms with Gasteiger partial charge in [0, 0.05) is 30.1 Å². The molecule has 1 aromatic heterocycles. The highest BCUT2D eigenvalue weighted by atomic mass is 16.5. The summed E-state index contributed by atoms with van der Waals surface area (Å²) < 4.78 is 7.35. The summed E-state index contributed by atoms with van der Waals surface area (Å²) in [5.74, 6) is -0.204. The molecule has 0 saturated heterocycles. The van der Waals surface area contributed by atoms with Crippen LogP contribution in [0, 0.1) is 6.92 Å². The fourth-order valence-corrected chi connectivity index (χ4v) is 4.35. The van der Waals surface area contributed by atoms with Gasteiger partial charge in [-0.05, 0) is 55.1 Å². The third-order valence-corrected chi connectivity index (χ3v) is 6.13. The van der Waals surface area contributed by atoms with Crippen LogP contribution >= 0.6 is 0 Å². The number of fused-ring (bicyclic) bond motifs is 1. The highest BCUT2D eigenvalue weighted by Gasteiger charge is 2.23. The SMILES string of the molecule is COc1ccc2c(CNCCCc3ccccc3)c(C(=O)O)n(Cc3ccccc3C)c2c1. The van der Waals surface area contributed by atoms with E-state index in [4.69, 9.17) is 4.74 Å². The molecule has 3 aromatic carbocycles. The van der Waals surface area contributed by atoms with Crippen LogP contribution in [0.3, 0.4) is 0 Å². The number of aromatic carboxylic acids is 1. The first-order valence-electron chi connectivity index (χ1n) is 11.3. The van der Waals surface area contributed by atoms with Crippen LogP contribution in [0.5, 0.6) is 5.75 Å². The van der Waals surface area contributed by atoms with Crippen LogP contribution in [0.2, 0.25) is 0 Å². The normalized spacial score (nSPS) is 11.1. The van der Waals surface area contributed by atoms with Crippen LogP contribution in [0.25, 0.3) is 10.9 Å². The van der Waals surface area contributed by atoms with E-state index in [1.807, 2.05) is 41.0 Å². The first-order valence-corrected chi connectivity index (χ1v) is 11.3. The van der Waals surface area contributed by atoms with E-state index >= 15 is 0 Å². The van der Waals surface area contributed by atoms with Gasteiger partial charge in [-0.2, -0.15) is 0 Å². The van der Waals surface area contributed by atoms with Crippen molar-refractivity contribution in [1.82, 2.24) is 9.88 Å². The first-order chi connectivity index (χ1) is 16.1. The van der Waals surface area contributed by atoms with E-state index in [-0.39, 0.29) is 0 Å². The largest absolute Gasteiger partial charge is 0.497 e. The fourth-order valence-electron chi connectivity index (χ4n) is 4.35. The summed E-state index contributed by atoms with van der Waals surface area (Å²) in [5, 5.41) is 14.6. The highest BCUT2D eigenvalue weighted by Crippen LogP contribution is 2.31. The molecule has 0 amide bonds. The number of nitrogens with zero attached hydrogens (tertiary/aromatic N) is 1. The molecule has 0 fully saturated rings. The average molecular weight is 443 g/mol. The molecule has 0 saturated carbocycles. The molecule has 0 aliphatic rings. The van der Waals surface area contributed by atoms with Crippen molar-refractivity contribution in [1.29, 1.82) is 0 Å². The molecular weight excluding hydrogens is 412 g/mol. The Morgan fingerprint density at radius 3 is 2.52 bits per heavy atom. The standard InChI is InChI=1S/C28H30N2O3/c1-20-9-6-7-13-22(20)19-30-26-17-23(33-2)14-15-24(26)25(27(30)28(31)32)18-29-16-8-12-21-10-4-3-5-11-21/h3-7,9-11,13-15,17,29H,8,12,16,18-19H2,1-2H3,(H,31,32). The number of nitrogens with one attached hydrogen (secondary N) is 1. The smallest absolute Gasteiger partial charge is 0.352 e. The van der Waals surface area contributed by atoms with Gasteiger partial charge in [0.1, 0.15) is 11.4 Å². The maximum Gasteiger partial charge on any atom is 0.352 e. The molecule has 4 rings (SSSR count). The van der Waals surface area contributed by atoms with Crippen molar-refractivity contribution in [3.63, 3.8) is 0 Å². The third kappa shape index (κ3) is 5.10. The Morgan fingerprint density at radius 2 is 1.79 bits per heavy atom. The predicted octanol–water partition coefficient (Wildman–Crippen LogP) is 5.43. The third-order valence-electron chi connectivity index (χ3n) is 6.13. The van der Waals surface area contributed by atoms with Crippen LogP contribution in [0.15, 0.2) is 72.8 Å². The summed E-state index contributed by atoms with van der Waals surface area (Å²) in [6.45, 7) is 3.86. The van der Waals surface area contributed by atoms with Gasteiger partial charge in [-0.3, -0.25) is 0 Å². The molecule has 5 heteroatoms. The molecule has 5 nitrogen and oxygen atoms in total. The Hall–Kier alpha value is -3.57. The number of aryl methyl sites for hydroxylation is 2. The van der Waals surface area contributed by atoms with Crippen molar-refractivity contribution in [3.05, 3.63) is 101 Å². The lowest BCUT2D eigenvalue weighted by atomic mass is 10.1. The maximum atomic E-state index is 12.4. The number of carboxylic acid groups (broad SMARTS) is 1. The quantitative estimate of drug-likeness (QED) is 0.322. The van der Waals surface area contributed by atoms with Crippen LogP contribution in [0.1, 0.15) is 39.2 Å². The van der Waals surface area contributed by atoms with E-state index in [0.717, 1.165) is 47.0 Å². The molecular formula is C28H30N2O3. The van der Waals surface area contributed by atoms with Gasteiger partial charge in [0.05, 0.1) is 12.6 Å². The molecule has 33 heavy (non-hydrogen) atoms. The Morgan fingerprint density at radius 1 is 1.03 bits per heavy atom. The van der Waals surface area contributed by atoms with Crippen LogP contribution in [-0.2, 0) is 19.5 Å². The number of carbonyl (C=O) groups is 1. The van der Waals surface area contributed by atoms with Crippen molar-refractivity contribution < 1.29 is 14.6 Å². The molecule has 0 atom stereocenters. The van der Waals surface area contributed by atoms with Crippen molar-refractivity contribution >= 4 is 16.9 Å². The fraction of sp³-hybridized carbons (Fsp3) is 0.250. The van der Waals surface area contributed by atoms with Crippen molar-refractivity contribution in [3.8, 4) is 5.75 Å². The second-order valence-corrected chi connectivity index (χ2v) is 8.29. The summed E-state index contributed by atoms with van der Waals surface area (Å²) in [6, 6.07) is 24.3. The summed E-state index contributed by atoms with van der Waals surface area (Å²) >= 11 is 0. The van der Waals surface area contributed by atoms with E-state index in [2.05, 4.69) is 48.6 Å². The number of methoxy groups -OCH3 is 1. The zero-order valence-electron chi connectivity index (χ0n) is 19.2. The molecule has 0 unspecified atom stereocenters. The summed E-state index contributed by atoms with van der Waals surface area (Å²) in [4.78, 5) is 12.4. The predicted molar refractivity (Wildman–Crippen MR) is 132 cm³/mol. The van der Waals surface area contributed by atoms with Crippen molar-refractivity contribution in [2.45, 2.75) is 32.9 Å². The number of ether oxygens (including phenoxy) is 1.